The van der Waals surface area contributed by atoms with Crippen molar-refractivity contribution in [2.75, 3.05) is 5.73 Å². The molecule has 1 aromatic carbocycles. The van der Waals surface area contributed by atoms with Crippen molar-refractivity contribution < 1.29 is 0 Å². The Labute approximate surface area is 90.1 Å². The number of benzene rings is 1. The van der Waals surface area contributed by atoms with E-state index in [4.69, 9.17) is 22.9 Å². The number of halogens is 1. The van der Waals surface area contributed by atoms with Crippen LogP contribution in [0.4, 0.5) is 11.5 Å². The van der Waals surface area contributed by atoms with Crippen LogP contribution < -0.4 is 5.73 Å². The van der Waals surface area contributed by atoms with Gasteiger partial charge in [-0.05, 0) is 16.7 Å². The van der Waals surface area contributed by atoms with Gasteiger partial charge in [-0.25, -0.2) is 4.98 Å². The molecule has 0 aliphatic rings. The summed E-state index contributed by atoms with van der Waals surface area (Å²) < 4.78 is 0. The maximum absolute atomic E-state index is 8.33. The van der Waals surface area contributed by atoms with Crippen LogP contribution in [0.5, 0.6) is 0 Å². The molecule has 0 radical (unpaired) electrons. The minimum absolute atomic E-state index is 0.112. The number of pyridine rings is 1. The molecule has 0 bridgehead atoms. The minimum atomic E-state index is 0.112. The third-order valence-electron chi connectivity index (χ3n) is 1.98. The molecule has 0 unspecified atom stereocenters. The Morgan fingerprint density at radius 1 is 1.40 bits per heavy atom. The first-order valence-corrected chi connectivity index (χ1v) is 4.50. The summed E-state index contributed by atoms with van der Waals surface area (Å²) >= 11 is 6.02. The van der Waals surface area contributed by atoms with E-state index in [9.17, 15) is 0 Å². The molecule has 2 N–H and O–H groups in total. The van der Waals surface area contributed by atoms with Crippen LogP contribution >= 0.6 is 11.6 Å². The van der Waals surface area contributed by atoms with Gasteiger partial charge in [0.05, 0.1) is 16.2 Å². The molecule has 15 heavy (non-hydrogen) atoms. The molecule has 0 spiro atoms. The predicted octanol–water partition coefficient (Wildman–Crippen LogP) is 3.41. The fraction of sp³-hybridized carbons (Fsp3) is 0. The van der Waals surface area contributed by atoms with Gasteiger partial charge in [-0.2, -0.15) is 0 Å². The van der Waals surface area contributed by atoms with Gasteiger partial charge in [0, 0.05) is 10.3 Å². The van der Waals surface area contributed by atoms with E-state index >= 15 is 0 Å². The van der Waals surface area contributed by atoms with Crippen molar-refractivity contribution in [1.29, 1.82) is 0 Å². The molecule has 2 aromatic rings. The molecule has 0 aliphatic heterocycles. The normalized spacial score (nSPS) is 9.93. The summed E-state index contributed by atoms with van der Waals surface area (Å²) in [5, 5.41) is 4.49. The van der Waals surface area contributed by atoms with Crippen molar-refractivity contribution in [3.63, 3.8) is 0 Å². The number of nitrogens with two attached hydrogens (primary N) is 1. The minimum Gasteiger partial charge on any atom is -0.396 e. The van der Waals surface area contributed by atoms with E-state index in [2.05, 4.69) is 15.0 Å². The Kier molecular flexibility index (Phi) is 2.33. The van der Waals surface area contributed by atoms with Gasteiger partial charge in [0.25, 0.3) is 0 Å². The van der Waals surface area contributed by atoms with Crippen molar-refractivity contribution in [2.24, 2.45) is 5.11 Å². The summed E-state index contributed by atoms with van der Waals surface area (Å²) in [5.74, 6) is 0.112. The first-order chi connectivity index (χ1) is 7.24. The first kappa shape index (κ1) is 9.58. The summed E-state index contributed by atoms with van der Waals surface area (Å²) in [6, 6.07) is 7.24. The number of nitrogen functional groups attached to an aromatic ring is 1. The number of hydrogen-bond donors (Lipinski definition) is 1. The molecule has 2 rings (SSSR count). The van der Waals surface area contributed by atoms with Crippen LogP contribution in [0.2, 0.25) is 5.02 Å². The topological polar surface area (TPSA) is 87.7 Å². The van der Waals surface area contributed by atoms with Crippen LogP contribution in [0, 0.1) is 0 Å². The molecule has 0 amide bonds. The summed E-state index contributed by atoms with van der Waals surface area (Å²) in [6.45, 7) is 0. The number of hydrogen-bond acceptors (Lipinski definition) is 3. The van der Waals surface area contributed by atoms with Crippen molar-refractivity contribution in [3.8, 4) is 0 Å². The third-order valence-corrected chi connectivity index (χ3v) is 2.39. The standard InChI is InChI=1S/C9H6ClN5/c10-7-5-3-1-2-4-6(5)13-9(8(7)11)14-15-12/h1-4H,11H2. The van der Waals surface area contributed by atoms with E-state index in [-0.39, 0.29) is 11.5 Å². The van der Waals surface area contributed by atoms with Crippen LogP contribution in [0.15, 0.2) is 29.4 Å². The zero-order chi connectivity index (χ0) is 10.8. The van der Waals surface area contributed by atoms with E-state index in [1.165, 1.54) is 0 Å². The lowest BCUT2D eigenvalue weighted by atomic mass is 10.2. The predicted molar refractivity (Wildman–Crippen MR) is 60.0 cm³/mol. The Bertz CT molecular complexity index is 574. The van der Waals surface area contributed by atoms with Crippen molar-refractivity contribution in [3.05, 3.63) is 39.7 Å². The zero-order valence-corrected chi connectivity index (χ0v) is 8.31. The Morgan fingerprint density at radius 2 is 2.13 bits per heavy atom. The smallest absolute Gasteiger partial charge is 0.151 e. The SMILES string of the molecule is [N-]=[N+]=Nc1nc2ccccc2c(Cl)c1N. The van der Waals surface area contributed by atoms with Gasteiger partial charge in [0.2, 0.25) is 0 Å². The molecule has 5 nitrogen and oxygen atoms in total. The molecule has 0 aliphatic carbocycles. The molecule has 74 valence electrons. The van der Waals surface area contributed by atoms with E-state index < -0.39 is 0 Å². The van der Waals surface area contributed by atoms with Gasteiger partial charge in [0.15, 0.2) is 5.82 Å². The zero-order valence-electron chi connectivity index (χ0n) is 7.55. The van der Waals surface area contributed by atoms with E-state index in [1.54, 1.807) is 12.1 Å². The number of rotatable bonds is 1. The lowest BCUT2D eigenvalue weighted by Gasteiger charge is -2.05. The number of fused-ring (bicyclic) bond motifs is 1. The second-order valence-corrected chi connectivity index (χ2v) is 3.25. The lowest BCUT2D eigenvalue weighted by molar-refractivity contribution is 1.31. The van der Waals surface area contributed by atoms with Gasteiger partial charge in [-0.15, -0.1) is 0 Å². The van der Waals surface area contributed by atoms with Gasteiger partial charge in [-0.1, -0.05) is 29.8 Å². The van der Waals surface area contributed by atoms with Gasteiger partial charge in [-0.3, -0.25) is 0 Å². The van der Waals surface area contributed by atoms with Crippen LogP contribution in [0.1, 0.15) is 0 Å². The van der Waals surface area contributed by atoms with Gasteiger partial charge in [0.1, 0.15) is 0 Å². The molecule has 0 atom stereocenters. The first-order valence-electron chi connectivity index (χ1n) is 4.13. The lowest BCUT2D eigenvalue weighted by Crippen LogP contribution is -1.91. The highest BCUT2D eigenvalue weighted by Crippen LogP contribution is 2.34. The second kappa shape index (κ2) is 3.65. The highest BCUT2D eigenvalue weighted by molar-refractivity contribution is 6.38. The van der Waals surface area contributed by atoms with Crippen LogP contribution in [-0.4, -0.2) is 4.98 Å². The average Bonchev–Trinajstić information content (AvgIpc) is 2.26. The number of nitrogens with zero attached hydrogens (tertiary/aromatic N) is 4. The largest absolute Gasteiger partial charge is 0.396 e. The van der Waals surface area contributed by atoms with Crippen LogP contribution in [0.25, 0.3) is 21.3 Å². The average molecular weight is 220 g/mol. The number of anilines is 1. The van der Waals surface area contributed by atoms with Crippen molar-refractivity contribution in [2.45, 2.75) is 0 Å². The van der Waals surface area contributed by atoms with Crippen LogP contribution in [0.3, 0.4) is 0 Å². The quantitative estimate of drug-likeness (QED) is 0.453. The second-order valence-electron chi connectivity index (χ2n) is 2.87. The molecule has 1 aromatic heterocycles. The Balaban J connectivity index is 2.88. The molecular formula is C9H6ClN5. The molecule has 0 fully saturated rings. The summed E-state index contributed by atoms with van der Waals surface area (Å²) in [7, 11) is 0. The highest BCUT2D eigenvalue weighted by Gasteiger charge is 2.08. The molecule has 6 heteroatoms. The van der Waals surface area contributed by atoms with Crippen molar-refractivity contribution >= 4 is 34.0 Å². The fourth-order valence-corrected chi connectivity index (χ4v) is 1.54. The monoisotopic (exact) mass is 219 g/mol. The number of para-hydroxylation sites is 1. The van der Waals surface area contributed by atoms with Gasteiger partial charge < -0.3 is 5.73 Å². The van der Waals surface area contributed by atoms with Crippen LogP contribution in [-0.2, 0) is 0 Å². The van der Waals surface area contributed by atoms with E-state index in [0.717, 1.165) is 5.39 Å². The third kappa shape index (κ3) is 1.54. The molecule has 0 saturated carbocycles. The number of azide groups is 1. The summed E-state index contributed by atoms with van der Waals surface area (Å²) in [5.41, 5.74) is 14.9. The summed E-state index contributed by atoms with van der Waals surface area (Å²) in [4.78, 5) is 6.73. The molecular weight excluding hydrogens is 214 g/mol. The Hall–Kier alpha value is -1.97. The van der Waals surface area contributed by atoms with Gasteiger partial charge >= 0.3 is 0 Å². The highest BCUT2D eigenvalue weighted by atomic mass is 35.5. The maximum Gasteiger partial charge on any atom is 0.151 e. The molecule has 1 heterocycles. The van der Waals surface area contributed by atoms with Crippen molar-refractivity contribution in [1.82, 2.24) is 4.98 Å². The molecule has 0 saturated heterocycles. The summed E-state index contributed by atoms with van der Waals surface area (Å²) in [6.07, 6.45) is 0. The van der Waals surface area contributed by atoms with E-state index in [1.807, 2.05) is 12.1 Å². The number of aromatic nitrogens is 1. The Morgan fingerprint density at radius 3 is 2.87 bits per heavy atom. The fourth-order valence-electron chi connectivity index (χ4n) is 1.29. The maximum atomic E-state index is 8.33. The van der Waals surface area contributed by atoms with E-state index in [0.29, 0.717) is 10.5 Å².